The maximum atomic E-state index is 12.7. The number of nitro benzene ring substituents is 1. The van der Waals surface area contributed by atoms with Gasteiger partial charge in [0.05, 0.1) is 11.3 Å². The molecular weight excluding hydrogens is 328 g/mol. The maximum Gasteiger partial charge on any atom is 0.326 e. The van der Waals surface area contributed by atoms with Gasteiger partial charge in [0.2, 0.25) is 0 Å². The standard InChI is InChI=1S/C16H16N4O5/c21-15(19-7-2-1-3-13(19)16(22)23)11-4-5-12(14(9-11)20(24)25)18-8-6-17-10-18/h4-6,8-10,13H,1-3,7H2,(H,22,23)/t13-/m1/s1. The molecule has 1 aromatic heterocycles. The highest BCUT2D eigenvalue weighted by Crippen LogP contribution is 2.26. The average Bonchev–Trinajstić information content (AvgIpc) is 3.15. The van der Waals surface area contributed by atoms with Gasteiger partial charge < -0.3 is 14.6 Å². The van der Waals surface area contributed by atoms with Crippen LogP contribution in [0.4, 0.5) is 5.69 Å². The average molecular weight is 344 g/mol. The third-order valence-electron chi connectivity index (χ3n) is 4.25. The molecule has 130 valence electrons. The lowest BCUT2D eigenvalue weighted by Crippen LogP contribution is -2.48. The van der Waals surface area contributed by atoms with E-state index >= 15 is 0 Å². The topological polar surface area (TPSA) is 119 Å². The zero-order valence-corrected chi connectivity index (χ0v) is 13.2. The SMILES string of the molecule is O=C(O)[C@H]1CCCCN1C(=O)c1ccc(-n2ccnc2)c([N+](=O)[O-])c1. The number of nitro groups is 1. The van der Waals surface area contributed by atoms with E-state index in [1.54, 1.807) is 6.20 Å². The van der Waals surface area contributed by atoms with Gasteiger partial charge in [0.15, 0.2) is 0 Å². The third kappa shape index (κ3) is 3.21. The molecule has 9 nitrogen and oxygen atoms in total. The quantitative estimate of drug-likeness (QED) is 0.668. The fourth-order valence-corrected chi connectivity index (χ4v) is 3.02. The first-order valence-corrected chi connectivity index (χ1v) is 7.79. The number of benzene rings is 1. The van der Waals surface area contributed by atoms with Gasteiger partial charge in [0.25, 0.3) is 11.6 Å². The van der Waals surface area contributed by atoms with Crippen molar-refractivity contribution in [3.05, 3.63) is 52.6 Å². The van der Waals surface area contributed by atoms with Gasteiger partial charge in [0, 0.05) is 30.6 Å². The molecule has 9 heteroatoms. The van der Waals surface area contributed by atoms with Crippen LogP contribution in [0.25, 0.3) is 5.69 Å². The summed E-state index contributed by atoms with van der Waals surface area (Å²) in [5.41, 5.74) is 0.143. The molecule has 1 amide bonds. The minimum Gasteiger partial charge on any atom is -0.480 e. The number of hydrogen-bond donors (Lipinski definition) is 1. The fraction of sp³-hybridized carbons (Fsp3) is 0.312. The number of hydrogen-bond acceptors (Lipinski definition) is 5. The Hall–Kier alpha value is -3.23. The Morgan fingerprint density at radius 3 is 2.76 bits per heavy atom. The number of likely N-dealkylation sites (tertiary alicyclic amines) is 1. The van der Waals surface area contributed by atoms with Crippen molar-refractivity contribution in [3.8, 4) is 5.69 Å². The monoisotopic (exact) mass is 344 g/mol. The van der Waals surface area contributed by atoms with E-state index in [2.05, 4.69) is 4.98 Å². The van der Waals surface area contributed by atoms with Crippen molar-refractivity contribution in [2.75, 3.05) is 6.54 Å². The summed E-state index contributed by atoms with van der Waals surface area (Å²) in [4.78, 5) is 40.0. The summed E-state index contributed by atoms with van der Waals surface area (Å²) in [6.45, 7) is 0.326. The molecule has 1 aliphatic heterocycles. The van der Waals surface area contributed by atoms with E-state index in [1.165, 1.54) is 40.2 Å². The van der Waals surface area contributed by atoms with E-state index in [0.717, 1.165) is 6.42 Å². The number of carbonyl (C=O) groups excluding carboxylic acids is 1. The Balaban J connectivity index is 1.97. The van der Waals surface area contributed by atoms with Crippen LogP contribution >= 0.6 is 0 Å². The molecule has 0 unspecified atom stereocenters. The number of aromatic nitrogens is 2. The number of nitrogens with zero attached hydrogens (tertiary/aromatic N) is 4. The van der Waals surface area contributed by atoms with Crippen LogP contribution in [0.3, 0.4) is 0 Å². The number of carbonyl (C=O) groups is 2. The molecule has 1 fully saturated rings. The summed E-state index contributed by atoms with van der Waals surface area (Å²) in [7, 11) is 0. The van der Waals surface area contributed by atoms with Crippen LogP contribution < -0.4 is 0 Å². The lowest BCUT2D eigenvalue weighted by atomic mass is 10.0. The summed E-state index contributed by atoms with van der Waals surface area (Å²) in [5.74, 6) is -1.56. The highest BCUT2D eigenvalue weighted by Gasteiger charge is 2.33. The number of carboxylic acid groups (broad SMARTS) is 1. The zero-order valence-electron chi connectivity index (χ0n) is 13.2. The zero-order chi connectivity index (χ0) is 18.0. The molecule has 2 heterocycles. The number of rotatable bonds is 4. The summed E-state index contributed by atoms with van der Waals surface area (Å²) < 4.78 is 1.48. The van der Waals surface area contributed by atoms with E-state index in [0.29, 0.717) is 19.4 Å². The Bertz CT molecular complexity index is 818. The van der Waals surface area contributed by atoms with Crippen LogP contribution in [0.15, 0.2) is 36.9 Å². The molecule has 0 aliphatic carbocycles. The Labute approximate surface area is 142 Å². The van der Waals surface area contributed by atoms with Gasteiger partial charge in [-0.2, -0.15) is 0 Å². The van der Waals surface area contributed by atoms with Crippen molar-refractivity contribution < 1.29 is 19.6 Å². The first-order valence-electron chi connectivity index (χ1n) is 7.79. The highest BCUT2D eigenvalue weighted by atomic mass is 16.6. The Kier molecular flexibility index (Phi) is 4.46. The minimum absolute atomic E-state index is 0.101. The third-order valence-corrected chi connectivity index (χ3v) is 4.25. The molecule has 1 aliphatic rings. The number of amides is 1. The normalized spacial score (nSPS) is 17.3. The van der Waals surface area contributed by atoms with Crippen molar-refractivity contribution in [3.63, 3.8) is 0 Å². The van der Waals surface area contributed by atoms with Crippen molar-refractivity contribution in [1.29, 1.82) is 0 Å². The highest BCUT2D eigenvalue weighted by molar-refractivity contribution is 5.97. The molecule has 0 bridgehead atoms. The van der Waals surface area contributed by atoms with Crippen molar-refractivity contribution in [2.45, 2.75) is 25.3 Å². The van der Waals surface area contributed by atoms with Crippen molar-refractivity contribution in [1.82, 2.24) is 14.5 Å². The Morgan fingerprint density at radius 1 is 1.32 bits per heavy atom. The molecule has 1 aromatic carbocycles. The van der Waals surface area contributed by atoms with Crippen LogP contribution in [-0.4, -0.2) is 48.9 Å². The summed E-state index contributed by atoms with van der Waals surface area (Å²) in [6, 6.07) is 3.23. The first kappa shape index (κ1) is 16.6. The molecular formula is C16H16N4O5. The minimum atomic E-state index is -1.06. The Morgan fingerprint density at radius 2 is 2.12 bits per heavy atom. The molecule has 1 N–H and O–H groups in total. The predicted octanol–water partition coefficient (Wildman–Crippen LogP) is 1.86. The number of carboxylic acids is 1. The van der Waals surface area contributed by atoms with Crippen LogP contribution in [0.1, 0.15) is 29.6 Å². The van der Waals surface area contributed by atoms with E-state index < -0.39 is 22.8 Å². The number of aliphatic carboxylic acids is 1. The lowest BCUT2D eigenvalue weighted by molar-refractivity contribution is -0.384. The molecule has 1 atom stereocenters. The van der Waals surface area contributed by atoms with Gasteiger partial charge in [-0.3, -0.25) is 14.9 Å². The van der Waals surface area contributed by atoms with Gasteiger partial charge >= 0.3 is 5.97 Å². The molecule has 3 rings (SSSR count). The van der Waals surface area contributed by atoms with E-state index in [9.17, 15) is 24.8 Å². The van der Waals surface area contributed by atoms with E-state index in [4.69, 9.17) is 0 Å². The smallest absolute Gasteiger partial charge is 0.326 e. The molecule has 1 saturated heterocycles. The predicted molar refractivity (Wildman–Crippen MR) is 86.5 cm³/mol. The maximum absolute atomic E-state index is 12.7. The van der Waals surface area contributed by atoms with Gasteiger partial charge in [-0.05, 0) is 31.4 Å². The van der Waals surface area contributed by atoms with Gasteiger partial charge in [-0.15, -0.1) is 0 Å². The van der Waals surface area contributed by atoms with Crippen LogP contribution in [-0.2, 0) is 4.79 Å². The largest absolute Gasteiger partial charge is 0.480 e. The molecule has 0 radical (unpaired) electrons. The second-order valence-corrected chi connectivity index (χ2v) is 5.78. The second-order valence-electron chi connectivity index (χ2n) is 5.78. The lowest BCUT2D eigenvalue weighted by Gasteiger charge is -2.33. The van der Waals surface area contributed by atoms with Crippen LogP contribution in [0.5, 0.6) is 0 Å². The summed E-state index contributed by atoms with van der Waals surface area (Å²) in [6.07, 6.45) is 6.32. The van der Waals surface area contributed by atoms with E-state index in [-0.39, 0.29) is 16.9 Å². The summed E-state index contributed by atoms with van der Waals surface area (Å²) in [5, 5.41) is 20.7. The van der Waals surface area contributed by atoms with Gasteiger partial charge in [-0.25, -0.2) is 9.78 Å². The van der Waals surface area contributed by atoms with Crippen molar-refractivity contribution in [2.24, 2.45) is 0 Å². The summed E-state index contributed by atoms with van der Waals surface area (Å²) >= 11 is 0. The molecule has 2 aromatic rings. The molecule has 25 heavy (non-hydrogen) atoms. The first-order chi connectivity index (χ1) is 12.0. The number of imidazole rings is 1. The van der Waals surface area contributed by atoms with Crippen LogP contribution in [0, 0.1) is 10.1 Å². The van der Waals surface area contributed by atoms with Gasteiger partial charge in [0.1, 0.15) is 11.7 Å². The second kappa shape index (κ2) is 6.71. The molecule has 0 saturated carbocycles. The van der Waals surface area contributed by atoms with Crippen molar-refractivity contribution >= 4 is 17.6 Å². The molecule has 0 spiro atoms. The van der Waals surface area contributed by atoms with Gasteiger partial charge in [-0.1, -0.05) is 0 Å². The fourth-order valence-electron chi connectivity index (χ4n) is 3.02. The van der Waals surface area contributed by atoms with Crippen LogP contribution in [0.2, 0.25) is 0 Å². The number of piperidine rings is 1. The van der Waals surface area contributed by atoms with E-state index in [1.807, 2.05) is 0 Å².